The lowest BCUT2D eigenvalue weighted by Crippen LogP contribution is -2.46. The smallest absolute Gasteiger partial charge is 0.231 e. The predicted octanol–water partition coefficient (Wildman–Crippen LogP) is 6.25. The van der Waals surface area contributed by atoms with Crippen LogP contribution in [0.5, 0.6) is 5.75 Å². The molecule has 35 heavy (non-hydrogen) atoms. The standard InChI is InChI=1S/C29H33N3O2.ClH/c1-34-28-16-9-8-15-27(28)31-21-19-30(20-22-31)18-10-2-3-17-29(33)32-25-13-6-4-11-23(25)24-12-5-7-14-26(24)32;/h4-9,11-16H,2-3,10,17-22H2,1H3;1H. The van der Waals surface area contributed by atoms with Gasteiger partial charge in [0.15, 0.2) is 0 Å². The molecule has 1 saturated heterocycles. The lowest BCUT2D eigenvalue weighted by Gasteiger charge is -2.36. The highest BCUT2D eigenvalue weighted by Crippen LogP contribution is 2.30. The van der Waals surface area contributed by atoms with Gasteiger partial charge in [0, 0.05) is 43.4 Å². The zero-order valence-corrected chi connectivity index (χ0v) is 21.2. The number of hydrogen-bond donors (Lipinski definition) is 0. The van der Waals surface area contributed by atoms with E-state index in [-0.39, 0.29) is 18.3 Å². The summed E-state index contributed by atoms with van der Waals surface area (Å²) in [5, 5.41) is 2.30. The Morgan fingerprint density at radius 1 is 0.771 bits per heavy atom. The van der Waals surface area contributed by atoms with E-state index in [2.05, 4.69) is 46.2 Å². The van der Waals surface area contributed by atoms with Crippen molar-refractivity contribution in [2.24, 2.45) is 0 Å². The third kappa shape index (κ3) is 5.31. The lowest BCUT2D eigenvalue weighted by molar-refractivity contribution is 0.0908. The molecule has 0 spiro atoms. The van der Waals surface area contributed by atoms with Gasteiger partial charge in [-0.2, -0.15) is 0 Å². The molecule has 184 valence electrons. The average Bonchev–Trinajstić information content (AvgIpc) is 3.23. The minimum atomic E-state index is 0. The number of methoxy groups -OCH3 is 1. The van der Waals surface area contributed by atoms with Crippen molar-refractivity contribution in [2.75, 3.05) is 44.7 Å². The Morgan fingerprint density at radius 2 is 1.37 bits per heavy atom. The summed E-state index contributed by atoms with van der Waals surface area (Å²) in [7, 11) is 1.74. The SMILES string of the molecule is COc1ccccc1N1CCN(CCCCCC(=O)n2c3ccccc3c3ccccc32)CC1.Cl. The van der Waals surface area contributed by atoms with Gasteiger partial charge in [-0.3, -0.25) is 14.3 Å². The fourth-order valence-electron chi connectivity index (χ4n) is 5.19. The summed E-state index contributed by atoms with van der Waals surface area (Å²) in [4.78, 5) is 18.1. The van der Waals surface area contributed by atoms with E-state index in [0.717, 1.165) is 79.5 Å². The Hall–Kier alpha value is -3.02. The first-order valence-electron chi connectivity index (χ1n) is 12.4. The Morgan fingerprint density at radius 3 is 2.03 bits per heavy atom. The molecule has 0 saturated carbocycles. The van der Waals surface area contributed by atoms with Gasteiger partial charge in [-0.25, -0.2) is 0 Å². The van der Waals surface area contributed by atoms with Crippen LogP contribution in [0.3, 0.4) is 0 Å². The summed E-state index contributed by atoms with van der Waals surface area (Å²) >= 11 is 0. The van der Waals surface area contributed by atoms with E-state index in [0.29, 0.717) is 6.42 Å². The van der Waals surface area contributed by atoms with E-state index < -0.39 is 0 Å². The van der Waals surface area contributed by atoms with Crippen LogP contribution in [0.4, 0.5) is 5.69 Å². The van der Waals surface area contributed by atoms with Gasteiger partial charge in [-0.05, 0) is 43.7 Å². The van der Waals surface area contributed by atoms with Crippen LogP contribution in [0, 0.1) is 0 Å². The minimum absolute atomic E-state index is 0. The molecule has 3 aromatic carbocycles. The molecule has 0 atom stereocenters. The van der Waals surface area contributed by atoms with Gasteiger partial charge in [0.1, 0.15) is 5.75 Å². The Labute approximate surface area is 213 Å². The van der Waals surface area contributed by atoms with Crippen LogP contribution in [0.2, 0.25) is 0 Å². The van der Waals surface area contributed by atoms with Crippen LogP contribution in [0.1, 0.15) is 30.5 Å². The maximum Gasteiger partial charge on any atom is 0.231 e. The van der Waals surface area contributed by atoms with Crippen molar-refractivity contribution >= 4 is 45.8 Å². The summed E-state index contributed by atoms with van der Waals surface area (Å²) in [6.45, 7) is 5.28. The molecule has 0 N–H and O–H groups in total. The van der Waals surface area contributed by atoms with E-state index in [1.807, 2.05) is 41.0 Å². The number of nitrogens with zero attached hydrogens (tertiary/aromatic N) is 3. The molecule has 2 heterocycles. The van der Waals surface area contributed by atoms with Crippen molar-refractivity contribution in [1.82, 2.24) is 9.47 Å². The van der Waals surface area contributed by atoms with Crippen LogP contribution in [0.25, 0.3) is 21.8 Å². The van der Waals surface area contributed by atoms with E-state index in [1.54, 1.807) is 7.11 Å². The number of aromatic nitrogens is 1. The zero-order valence-electron chi connectivity index (χ0n) is 20.4. The fourth-order valence-corrected chi connectivity index (χ4v) is 5.19. The number of para-hydroxylation sites is 4. The van der Waals surface area contributed by atoms with Gasteiger partial charge in [-0.1, -0.05) is 55.0 Å². The van der Waals surface area contributed by atoms with Crippen molar-refractivity contribution < 1.29 is 9.53 Å². The van der Waals surface area contributed by atoms with Gasteiger partial charge in [0.05, 0.1) is 23.8 Å². The number of piperazine rings is 1. The molecule has 1 aromatic heterocycles. The van der Waals surface area contributed by atoms with E-state index >= 15 is 0 Å². The van der Waals surface area contributed by atoms with Crippen molar-refractivity contribution in [3.8, 4) is 5.75 Å². The molecule has 0 unspecified atom stereocenters. The second-order valence-corrected chi connectivity index (χ2v) is 9.07. The van der Waals surface area contributed by atoms with E-state index in [1.165, 1.54) is 5.69 Å². The van der Waals surface area contributed by atoms with Gasteiger partial charge >= 0.3 is 0 Å². The summed E-state index contributed by atoms with van der Waals surface area (Å²) in [5.74, 6) is 1.15. The lowest BCUT2D eigenvalue weighted by atomic mass is 10.1. The average molecular weight is 492 g/mol. The quantitative estimate of drug-likeness (QED) is 0.273. The maximum atomic E-state index is 13.2. The summed E-state index contributed by atoms with van der Waals surface area (Å²) in [5.41, 5.74) is 3.22. The highest BCUT2D eigenvalue weighted by molar-refractivity contribution is 6.13. The highest BCUT2D eigenvalue weighted by atomic mass is 35.5. The van der Waals surface area contributed by atoms with Gasteiger partial charge in [0.25, 0.3) is 0 Å². The maximum absolute atomic E-state index is 13.2. The van der Waals surface area contributed by atoms with E-state index in [9.17, 15) is 4.79 Å². The number of hydrogen-bond acceptors (Lipinski definition) is 4. The summed E-state index contributed by atoms with van der Waals surface area (Å²) in [6, 6.07) is 24.7. The number of carbonyl (C=O) groups is 1. The zero-order chi connectivity index (χ0) is 23.3. The molecule has 0 aliphatic carbocycles. The monoisotopic (exact) mass is 491 g/mol. The largest absolute Gasteiger partial charge is 0.495 e. The molecule has 0 radical (unpaired) electrons. The molecule has 5 rings (SSSR count). The Balaban J connectivity index is 0.00000289. The Kier molecular flexibility index (Phi) is 8.32. The van der Waals surface area contributed by atoms with Crippen molar-refractivity contribution in [2.45, 2.75) is 25.7 Å². The second kappa shape index (κ2) is 11.6. The molecular weight excluding hydrogens is 458 g/mol. The van der Waals surface area contributed by atoms with Crippen molar-refractivity contribution in [3.05, 3.63) is 72.8 Å². The molecular formula is C29H34ClN3O2. The number of fused-ring (bicyclic) bond motifs is 3. The number of halogens is 1. The number of ether oxygens (including phenoxy) is 1. The fraction of sp³-hybridized carbons (Fsp3) is 0.345. The number of rotatable bonds is 8. The molecule has 1 aliphatic heterocycles. The first kappa shape index (κ1) is 25.1. The number of carbonyl (C=O) groups excluding carboxylic acids is 1. The second-order valence-electron chi connectivity index (χ2n) is 9.07. The number of benzene rings is 3. The summed E-state index contributed by atoms with van der Waals surface area (Å²) in [6.07, 6.45) is 3.73. The molecule has 6 heteroatoms. The van der Waals surface area contributed by atoms with Gasteiger partial charge in [-0.15, -0.1) is 12.4 Å². The molecule has 5 nitrogen and oxygen atoms in total. The number of unbranched alkanes of at least 4 members (excludes halogenated alkanes) is 2. The first-order chi connectivity index (χ1) is 16.8. The normalized spacial score (nSPS) is 14.3. The van der Waals surface area contributed by atoms with E-state index in [4.69, 9.17) is 4.74 Å². The molecule has 0 bridgehead atoms. The summed E-state index contributed by atoms with van der Waals surface area (Å²) < 4.78 is 7.44. The Bertz CT molecular complexity index is 1220. The molecule has 1 fully saturated rings. The number of anilines is 1. The van der Waals surface area contributed by atoms with Crippen molar-refractivity contribution in [1.29, 1.82) is 0 Å². The van der Waals surface area contributed by atoms with Gasteiger partial charge < -0.3 is 9.64 Å². The van der Waals surface area contributed by atoms with Crippen LogP contribution >= 0.6 is 12.4 Å². The van der Waals surface area contributed by atoms with Crippen LogP contribution < -0.4 is 9.64 Å². The third-order valence-corrected chi connectivity index (χ3v) is 6.99. The predicted molar refractivity (Wildman–Crippen MR) is 147 cm³/mol. The molecule has 4 aromatic rings. The third-order valence-electron chi connectivity index (χ3n) is 6.99. The highest BCUT2D eigenvalue weighted by Gasteiger charge is 2.19. The van der Waals surface area contributed by atoms with Crippen LogP contribution in [-0.2, 0) is 0 Å². The van der Waals surface area contributed by atoms with Crippen molar-refractivity contribution in [3.63, 3.8) is 0 Å². The molecule has 0 amide bonds. The molecule has 1 aliphatic rings. The topological polar surface area (TPSA) is 37.7 Å². The first-order valence-corrected chi connectivity index (χ1v) is 12.4. The minimum Gasteiger partial charge on any atom is -0.495 e. The van der Waals surface area contributed by atoms with Crippen LogP contribution in [-0.4, -0.2) is 55.2 Å². The van der Waals surface area contributed by atoms with Gasteiger partial charge in [0.2, 0.25) is 5.91 Å². The van der Waals surface area contributed by atoms with Crippen LogP contribution in [0.15, 0.2) is 72.8 Å².